The number of hydrogen-bond donors (Lipinski definition) is 1. The van der Waals surface area contributed by atoms with Crippen LogP contribution in [0.15, 0.2) is 60.8 Å². The molecule has 0 aromatic rings. The van der Waals surface area contributed by atoms with E-state index in [-0.39, 0.29) is 19.2 Å². The Kier molecular flexibility index (Phi) is 27.8. The van der Waals surface area contributed by atoms with E-state index in [1.807, 2.05) is 6.08 Å². The number of carbonyl (C=O) groups is 1. The zero-order valence-electron chi connectivity index (χ0n) is 23.3. The van der Waals surface area contributed by atoms with Gasteiger partial charge in [0.2, 0.25) is 0 Å². The molecule has 0 saturated carbocycles. The molecule has 0 heterocycles. The van der Waals surface area contributed by atoms with E-state index in [2.05, 4.69) is 68.5 Å². The minimum absolute atomic E-state index is 0.206. The van der Waals surface area contributed by atoms with E-state index >= 15 is 0 Å². The first-order chi connectivity index (χ1) is 17.7. The summed E-state index contributed by atoms with van der Waals surface area (Å²) in [4.78, 5) is 12.0. The molecule has 1 N–H and O–H groups in total. The first-order valence-corrected chi connectivity index (χ1v) is 14.4. The molecule has 0 rings (SSSR count). The SMILES string of the molecule is CC/C=C\C/C=C\C/C=C\C/C=C\CCC(=O)OC(CO)COCCCCCCCC/C=C\CCC. The van der Waals surface area contributed by atoms with Crippen LogP contribution in [0.2, 0.25) is 0 Å². The van der Waals surface area contributed by atoms with Gasteiger partial charge in [-0.25, -0.2) is 0 Å². The zero-order chi connectivity index (χ0) is 26.4. The number of aliphatic hydroxyl groups excluding tert-OH is 1. The van der Waals surface area contributed by atoms with Gasteiger partial charge in [0.1, 0.15) is 6.10 Å². The smallest absolute Gasteiger partial charge is 0.306 e. The second-order valence-electron chi connectivity index (χ2n) is 9.08. The van der Waals surface area contributed by atoms with Crippen molar-refractivity contribution in [1.29, 1.82) is 0 Å². The quantitative estimate of drug-likeness (QED) is 0.0771. The molecule has 1 unspecified atom stereocenters. The first kappa shape index (κ1) is 34.1. The molecular weight excluding hydrogens is 448 g/mol. The molecular formula is C32H54O4. The molecule has 0 spiro atoms. The van der Waals surface area contributed by atoms with Crippen molar-refractivity contribution >= 4 is 5.97 Å². The summed E-state index contributed by atoms with van der Waals surface area (Å²) >= 11 is 0. The Morgan fingerprint density at radius 3 is 1.89 bits per heavy atom. The highest BCUT2D eigenvalue weighted by Crippen LogP contribution is 2.08. The summed E-state index contributed by atoms with van der Waals surface area (Å²) in [7, 11) is 0. The zero-order valence-corrected chi connectivity index (χ0v) is 23.3. The molecule has 0 bridgehead atoms. The summed E-state index contributed by atoms with van der Waals surface area (Å²) in [5.41, 5.74) is 0. The lowest BCUT2D eigenvalue weighted by atomic mass is 10.1. The van der Waals surface area contributed by atoms with Gasteiger partial charge in [0, 0.05) is 13.0 Å². The maximum absolute atomic E-state index is 12.0. The third-order valence-corrected chi connectivity index (χ3v) is 5.57. The Balaban J connectivity index is 3.64. The molecule has 0 fully saturated rings. The average Bonchev–Trinajstić information content (AvgIpc) is 2.88. The topological polar surface area (TPSA) is 55.8 Å². The average molecular weight is 503 g/mol. The number of esters is 1. The second kappa shape index (κ2) is 29.3. The monoisotopic (exact) mass is 502 g/mol. The maximum atomic E-state index is 12.0. The summed E-state index contributed by atoms with van der Waals surface area (Å²) in [6.45, 7) is 5.05. The van der Waals surface area contributed by atoms with Gasteiger partial charge < -0.3 is 14.6 Å². The highest BCUT2D eigenvalue weighted by Gasteiger charge is 2.13. The van der Waals surface area contributed by atoms with Gasteiger partial charge >= 0.3 is 5.97 Å². The minimum atomic E-state index is -0.573. The van der Waals surface area contributed by atoms with E-state index in [1.165, 1.54) is 44.9 Å². The molecule has 36 heavy (non-hydrogen) atoms. The van der Waals surface area contributed by atoms with Crippen molar-refractivity contribution in [2.24, 2.45) is 0 Å². The number of ether oxygens (including phenoxy) is 2. The summed E-state index contributed by atoms with van der Waals surface area (Å²) in [6.07, 6.45) is 36.8. The van der Waals surface area contributed by atoms with Crippen LogP contribution < -0.4 is 0 Å². The fourth-order valence-corrected chi connectivity index (χ4v) is 3.46. The van der Waals surface area contributed by atoms with Crippen molar-refractivity contribution in [2.45, 2.75) is 116 Å². The van der Waals surface area contributed by atoms with Gasteiger partial charge in [-0.05, 0) is 57.8 Å². The summed E-state index contributed by atoms with van der Waals surface area (Å²) in [5.74, 6) is -0.287. The third-order valence-electron chi connectivity index (χ3n) is 5.57. The third kappa shape index (κ3) is 26.7. The van der Waals surface area contributed by atoms with Gasteiger partial charge in [0.15, 0.2) is 0 Å². The van der Waals surface area contributed by atoms with E-state index in [0.29, 0.717) is 19.4 Å². The Hall–Kier alpha value is -1.91. The molecule has 0 radical (unpaired) electrons. The normalized spacial score (nSPS) is 13.3. The Morgan fingerprint density at radius 1 is 0.694 bits per heavy atom. The van der Waals surface area contributed by atoms with E-state index in [4.69, 9.17) is 9.47 Å². The molecule has 0 aliphatic carbocycles. The van der Waals surface area contributed by atoms with Crippen molar-refractivity contribution in [1.82, 2.24) is 0 Å². The van der Waals surface area contributed by atoms with Crippen molar-refractivity contribution in [3.8, 4) is 0 Å². The fraction of sp³-hybridized carbons (Fsp3) is 0.656. The van der Waals surface area contributed by atoms with Crippen LogP contribution >= 0.6 is 0 Å². The van der Waals surface area contributed by atoms with Crippen LogP contribution in [0.5, 0.6) is 0 Å². The summed E-state index contributed by atoms with van der Waals surface area (Å²) < 4.78 is 11.0. The fourth-order valence-electron chi connectivity index (χ4n) is 3.46. The van der Waals surface area contributed by atoms with Crippen LogP contribution in [-0.2, 0) is 14.3 Å². The van der Waals surface area contributed by atoms with Crippen LogP contribution in [0.4, 0.5) is 0 Å². The second-order valence-corrected chi connectivity index (χ2v) is 9.08. The molecule has 0 aromatic heterocycles. The maximum Gasteiger partial charge on any atom is 0.306 e. The van der Waals surface area contributed by atoms with Crippen molar-refractivity contribution < 1.29 is 19.4 Å². The number of carbonyl (C=O) groups excluding carboxylic acids is 1. The Bertz CT molecular complexity index is 616. The highest BCUT2D eigenvalue weighted by atomic mass is 16.6. The predicted molar refractivity (Wildman–Crippen MR) is 154 cm³/mol. The predicted octanol–water partition coefficient (Wildman–Crippen LogP) is 8.58. The minimum Gasteiger partial charge on any atom is -0.457 e. The molecule has 1 atom stereocenters. The van der Waals surface area contributed by atoms with Crippen molar-refractivity contribution in [3.05, 3.63) is 60.8 Å². The molecule has 0 amide bonds. The van der Waals surface area contributed by atoms with Crippen LogP contribution in [-0.4, -0.2) is 37.0 Å². The lowest BCUT2D eigenvalue weighted by Gasteiger charge is -2.15. The van der Waals surface area contributed by atoms with Crippen LogP contribution in [0, 0.1) is 0 Å². The standard InChI is InChI=1S/C32H54O4/c1-3-5-7-9-11-13-15-16-17-19-21-23-25-27-32(34)36-31(29-33)30-35-28-26-24-22-20-18-14-12-10-8-6-4-2/h5,7-8,10-11,13,16-17,21,23,31,33H,3-4,6,9,12,14-15,18-20,22,24-30H2,1-2H3/b7-5-,10-8-,13-11-,17-16-,23-21-. The van der Waals surface area contributed by atoms with Gasteiger partial charge in [-0.2, -0.15) is 0 Å². The van der Waals surface area contributed by atoms with Crippen LogP contribution in [0.3, 0.4) is 0 Å². The highest BCUT2D eigenvalue weighted by molar-refractivity contribution is 5.69. The van der Waals surface area contributed by atoms with Crippen LogP contribution in [0.1, 0.15) is 110 Å². The van der Waals surface area contributed by atoms with Gasteiger partial charge in [-0.3, -0.25) is 4.79 Å². The van der Waals surface area contributed by atoms with E-state index < -0.39 is 6.10 Å². The molecule has 0 saturated heterocycles. The lowest BCUT2D eigenvalue weighted by molar-refractivity contribution is -0.154. The summed E-state index contributed by atoms with van der Waals surface area (Å²) in [5, 5.41) is 9.46. The largest absolute Gasteiger partial charge is 0.457 e. The Morgan fingerprint density at radius 2 is 1.25 bits per heavy atom. The lowest BCUT2D eigenvalue weighted by Crippen LogP contribution is -2.27. The number of aliphatic hydroxyl groups is 1. The van der Waals surface area contributed by atoms with Crippen LogP contribution in [0.25, 0.3) is 0 Å². The number of unbranched alkanes of at least 4 members (excludes halogenated alkanes) is 7. The molecule has 206 valence electrons. The van der Waals surface area contributed by atoms with E-state index in [1.54, 1.807) is 0 Å². The Labute approximate surface area is 222 Å². The van der Waals surface area contributed by atoms with Crippen molar-refractivity contribution in [3.63, 3.8) is 0 Å². The molecule has 0 aliphatic heterocycles. The van der Waals surface area contributed by atoms with Gasteiger partial charge in [-0.15, -0.1) is 0 Å². The first-order valence-electron chi connectivity index (χ1n) is 14.4. The molecule has 4 nitrogen and oxygen atoms in total. The van der Waals surface area contributed by atoms with Gasteiger partial charge in [0.05, 0.1) is 13.2 Å². The summed E-state index contributed by atoms with van der Waals surface area (Å²) in [6, 6.07) is 0. The molecule has 4 heteroatoms. The van der Waals surface area contributed by atoms with E-state index in [9.17, 15) is 9.90 Å². The number of allylic oxidation sites excluding steroid dienone is 10. The van der Waals surface area contributed by atoms with E-state index in [0.717, 1.165) is 38.5 Å². The molecule has 0 aromatic carbocycles. The number of hydrogen-bond acceptors (Lipinski definition) is 4. The number of rotatable bonds is 25. The van der Waals surface area contributed by atoms with Gasteiger partial charge in [-0.1, -0.05) is 107 Å². The van der Waals surface area contributed by atoms with Gasteiger partial charge in [0.25, 0.3) is 0 Å². The molecule has 0 aliphatic rings. The van der Waals surface area contributed by atoms with Crippen molar-refractivity contribution in [2.75, 3.05) is 19.8 Å².